The topological polar surface area (TPSA) is 12.9 Å². The first-order valence-corrected chi connectivity index (χ1v) is 6.65. The smallest absolute Gasteiger partial charge is 0.241 e. The molecule has 0 N–H and O–H groups in total. The van der Waals surface area contributed by atoms with E-state index < -0.39 is 17.6 Å². The molecule has 6 heteroatoms. The van der Waals surface area contributed by atoms with Crippen molar-refractivity contribution in [3.05, 3.63) is 40.7 Å². The number of alkyl halides is 3. The van der Waals surface area contributed by atoms with Crippen molar-refractivity contribution < 1.29 is 17.6 Å². The lowest BCUT2D eigenvalue weighted by atomic mass is 10.1. The van der Waals surface area contributed by atoms with Crippen molar-refractivity contribution in [2.24, 2.45) is 0 Å². The van der Waals surface area contributed by atoms with Gasteiger partial charge in [0.2, 0.25) is 0 Å². The average molecular weight is 287 g/mol. The van der Waals surface area contributed by atoms with E-state index in [2.05, 4.69) is 4.98 Å². The molecule has 0 saturated heterocycles. The first-order valence-electron chi connectivity index (χ1n) is 5.77. The fourth-order valence-electron chi connectivity index (χ4n) is 1.92. The SMILES string of the molecule is Fc1ccc(C(F)(F)F)c(-c2nc(C3CC3)cs2)c1. The summed E-state index contributed by atoms with van der Waals surface area (Å²) in [4.78, 5) is 4.21. The molecule has 0 aliphatic heterocycles. The van der Waals surface area contributed by atoms with Gasteiger partial charge >= 0.3 is 6.18 Å². The molecule has 0 radical (unpaired) electrons. The average Bonchev–Trinajstić information content (AvgIpc) is 3.05. The molecular weight excluding hydrogens is 278 g/mol. The Morgan fingerprint density at radius 3 is 2.58 bits per heavy atom. The Balaban J connectivity index is 2.08. The molecule has 1 aliphatic rings. The molecule has 0 atom stereocenters. The van der Waals surface area contributed by atoms with Gasteiger partial charge in [0.25, 0.3) is 0 Å². The van der Waals surface area contributed by atoms with Crippen LogP contribution in [0.1, 0.15) is 30.0 Å². The van der Waals surface area contributed by atoms with Gasteiger partial charge < -0.3 is 0 Å². The maximum absolute atomic E-state index is 13.2. The van der Waals surface area contributed by atoms with E-state index in [1.807, 2.05) is 0 Å². The molecule has 0 unspecified atom stereocenters. The first kappa shape index (κ1) is 12.6. The van der Waals surface area contributed by atoms with E-state index in [0.29, 0.717) is 5.92 Å². The summed E-state index contributed by atoms with van der Waals surface area (Å²) in [5.74, 6) is -0.320. The van der Waals surface area contributed by atoms with E-state index in [4.69, 9.17) is 0 Å². The van der Waals surface area contributed by atoms with Crippen LogP contribution < -0.4 is 0 Å². The Kier molecular flexibility index (Phi) is 2.85. The maximum atomic E-state index is 13.2. The second kappa shape index (κ2) is 4.30. The molecule has 19 heavy (non-hydrogen) atoms. The number of halogens is 4. The highest BCUT2D eigenvalue weighted by atomic mass is 32.1. The summed E-state index contributed by atoms with van der Waals surface area (Å²) in [5, 5.41) is 1.99. The highest BCUT2D eigenvalue weighted by Crippen LogP contribution is 2.43. The van der Waals surface area contributed by atoms with Crippen molar-refractivity contribution in [1.29, 1.82) is 0 Å². The molecular formula is C13H9F4NS. The number of rotatable bonds is 2. The van der Waals surface area contributed by atoms with Crippen LogP contribution >= 0.6 is 11.3 Å². The normalized spacial score (nSPS) is 15.8. The van der Waals surface area contributed by atoms with Gasteiger partial charge in [-0.05, 0) is 31.0 Å². The van der Waals surface area contributed by atoms with E-state index >= 15 is 0 Å². The molecule has 1 heterocycles. The Hall–Kier alpha value is -1.43. The van der Waals surface area contributed by atoms with E-state index in [0.717, 1.165) is 48.1 Å². The van der Waals surface area contributed by atoms with Gasteiger partial charge in [0.15, 0.2) is 0 Å². The standard InChI is InChI=1S/C13H9F4NS/c14-8-3-4-10(13(15,16)17)9(5-8)12-18-11(6-19-12)7-1-2-7/h3-7H,1-2H2. The van der Waals surface area contributed by atoms with Crippen LogP contribution in [0.3, 0.4) is 0 Å². The molecule has 0 spiro atoms. The quantitative estimate of drug-likeness (QED) is 0.720. The van der Waals surface area contributed by atoms with Crippen LogP contribution in [0, 0.1) is 5.82 Å². The molecule has 1 fully saturated rings. The van der Waals surface area contributed by atoms with Gasteiger partial charge in [0.1, 0.15) is 10.8 Å². The Labute approximate surface area is 110 Å². The van der Waals surface area contributed by atoms with E-state index in [1.165, 1.54) is 0 Å². The predicted molar refractivity (Wildman–Crippen MR) is 64.5 cm³/mol. The summed E-state index contributed by atoms with van der Waals surface area (Å²) in [7, 11) is 0. The Morgan fingerprint density at radius 2 is 1.95 bits per heavy atom. The number of thiazole rings is 1. The van der Waals surface area contributed by atoms with Crippen molar-refractivity contribution in [2.75, 3.05) is 0 Å². The van der Waals surface area contributed by atoms with Crippen LogP contribution in [0.25, 0.3) is 10.6 Å². The molecule has 1 nitrogen and oxygen atoms in total. The van der Waals surface area contributed by atoms with Crippen LogP contribution in [0.5, 0.6) is 0 Å². The lowest BCUT2D eigenvalue weighted by Crippen LogP contribution is -2.07. The second-order valence-corrected chi connectivity index (χ2v) is 5.40. The Morgan fingerprint density at radius 1 is 1.21 bits per heavy atom. The van der Waals surface area contributed by atoms with Gasteiger partial charge in [0.05, 0.1) is 11.3 Å². The zero-order chi connectivity index (χ0) is 13.6. The minimum absolute atomic E-state index is 0.176. The van der Waals surface area contributed by atoms with Gasteiger partial charge in [-0.1, -0.05) is 0 Å². The van der Waals surface area contributed by atoms with Gasteiger partial charge in [-0.15, -0.1) is 11.3 Å². The summed E-state index contributed by atoms with van der Waals surface area (Å²) < 4.78 is 51.9. The van der Waals surface area contributed by atoms with E-state index in [9.17, 15) is 17.6 Å². The molecule has 1 aromatic heterocycles. The van der Waals surface area contributed by atoms with Crippen LogP contribution in [0.2, 0.25) is 0 Å². The number of hydrogen-bond donors (Lipinski definition) is 0. The Bertz CT molecular complexity index is 613. The first-order chi connectivity index (χ1) is 8.95. The molecule has 1 aromatic carbocycles. The van der Waals surface area contributed by atoms with E-state index in [-0.39, 0.29) is 10.6 Å². The number of hydrogen-bond acceptors (Lipinski definition) is 2. The fraction of sp³-hybridized carbons (Fsp3) is 0.308. The molecule has 3 rings (SSSR count). The van der Waals surface area contributed by atoms with Gasteiger partial charge in [0, 0.05) is 16.9 Å². The van der Waals surface area contributed by atoms with Crippen LogP contribution in [0.4, 0.5) is 17.6 Å². The predicted octanol–water partition coefficient (Wildman–Crippen LogP) is 4.85. The third kappa shape index (κ3) is 2.49. The van der Waals surface area contributed by atoms with E-state index in [1.54, 1.807) is 5.38 Å². The summed E-state index contributed by atoms with van der Waals surface area (Å²) in [5.41, 5.74) is -0.201. The zero-order valence-electron chi connectivity index (χ0n) is 9.67. The maximum Gasteiger partial charge on any atom is 0.417 e. The second-order valence-electron chi connectivity index (χ2n) is 4.54. The van der Waals surface area contributed by atoms with Crippen molar-refractivity contribution >= 4 is 11.3 Å². The minimum atomic E-state index is -4.51. The third-order valence-electron chi connectivity index (χ3n) is 3.03. The molecule has 1 aliphatic carbocycles. The van der Waals surface area contributed by atoms with Gasteiger partial charge in [-0.25, -0.2) is 9.37 Å². The van der Waals surface area contributed by atoms with Crippen molar-refractivity contribution in [3.63, 3.8) is 0 Å². The molecule has 100 valence electrons. The molecule has 1 saturated carbocycles. The lowest BCUT2D eigenvalue weighted by Gasteiger charge is -2.10. The lowest BCUT2D eigenvalue weighted by molar-refractivity contribution is -0.137. The monoisotopic (exact) mass is 287 g/mol. The highest BCUT2D eigenvalue weighted by molar-refractivity contribution is 7.13. The van der Waals surface area contributed by atoms with Crippen LogP contribution in [0.15, 0.2) is 23.6 Å². The zero-order valence-corrected chi connectivity index (χ0v) is 10.5. The highest BCUT2D eigenvalue weighted by Gasteiger charge is 2.35. The van der Waals surface area contributed by atoms with Gasteiger partial charge in [-0.2, -0.15) is 13.2 Å². The van der Waals surface area contributed by atoms with Crippen molar-refractivity contribution in [1.82, 2.24) is 4.98 Å². The molecule has 2 aromatic rings. The summed E-state index contributed by atoms with van der Waals surface area (Å²) in [6, 6.07) is 2.49. The summed E-state index contributed by atoms with van der Waals surface area (Å²) in [6.45, 7) is 0. The number of nitrogens with zero attached hydrogens (tertiary/aromatic N) is 1. The fourth-order valence-corrected chi connectivity index (χ4v) is 2.85. The molecule has 0 bridgehead atoms. The van der Waals surface area contributed by atoms with Crippen LogP contribution in [-0.2, 0) is 6.18 Å². The van der Waals surface area contributed by atoms with Crippen LogP contribution in [-0.4, -0.2) is 4.98 Å². The molecule has 0 amide bonds. The number of aromatic nitrogens is 1. The third-order valence-corrected chi connectivity index (χ3v) is 3.93. The minimum Gasteiger partial charge on any atom is -0.241 e. The summed E-state index contributed by atoms with van der Waals surface area (Å²) >= 11 is 1.13. The van der Waals surface area contributed by atoms with Crippen molar-refractivity contribution in [2.45, 2.75) is 24.9 Å². The largest absolute Gasteiger partial charge is 0.417 e. The van der Waals surface area contributed by atoms with Gasteiger partial charge in [-0.3, -0.25) is 0 Å². The number of benzene rings is 1. The van der Waals surface area contributed by atoms with Crippen molar-refractivity contribution in [3.8, 4) is 10.6 Å². The summed E-state index contributed by atoms with van der Waals surface area (Å²) in [6.07, 6.45) is -2.45.